The van der Waals surface area contributed by atoms with Gasteiger partial charge in [0.05, 0.1) is 12.5 Å². The number of β-amino-alcohol motifs (C(OH)–C–C–N with tert-alkyl or cyclic N) is 1. The van der Waals surface area contributed by atoms with E-state index in [4.69, 9.17) is 5.11 Å². The van der Waals surface area contributed by atoms with Crippen molar-refractivity contribution in [3.8, 4) is 0 Å². The largest absolute Gasteiger partial charge is 0.481 e. The summed E-state index contributed by atoms with van der Waals surface area (Å²) in [5.41, 5.74) is 0. The Morgan fingerprint density at radius 1 is 1.47 bits per heavy atom. The molecule has 5 nitrogen and oxygen atoms in total. The van der Waals surface area contributed by atoms with Gasteiger partial charge in [0.15, 0.2) is 0 Å². The van der Waals surface area contributed by atoms with E-state index in [1.54, 1.807) is 0 Å². The van der Waals surface area contributed by atoms with Crippen molar-refractivity contribution >= 4 is 5.97 Å². The molecule has 2 atom stereocenters. The van der Waals surface area contributed by atoms with Gasteiger partial charge in [0.2, 0.25) is 0 Å². The first-order chi connectivity index (χ1) is 8.02. The van der Waals surface area contributed by atoms with E-state index in [2.05, 4.69) is 23.8 Å². The molecule has 0 aromatic heterocycles. The van der Waals surface area contributed by atoms with E-state index < -0.39 is 12.1 Å². The van der Waals surface area contributed by atoms with Crippen molar-refractivity contribution in [2.24, 2.45) is 0 Å². The third-order valence-electron chi connectivity index (χ3n) is 3.35. The van der Waals surface area contributed by atoms with Gasteiger partial charge in [-0.25, -0.2) is 0 Å². The fourth-order valence-corrected chi connectivity index (χ4v) is 2.46. The van der Waals surface area contributed by atoms with Crippen LogP contribution in [-0.2, 0) is 4.79 Å². The second-order valence-electron chi connectivity index (χ2n) is 4.92. The highest BCUT2D eigenvalue weighted by Crippen LogP contribution is 2.13. The first-order valence-electron chi connectivity index (χ1n) is 6.35. The fourth-order valence-electron chi connectivity index (χ4n) is 2.46. The van der Waals surface area contributed by atoms with Gasteiger partial charge in [0.1, 0.15) is 0 Å². The summed E-state index contributed by atoms with van der Waals surface area (Å²) in [6.45, 7) is 5.62. The average molecular weight is 244 g/mol. The van der Waals surface area contributed by atoms with Crippen molar-refractivity contribution in [3.63, 3.8) is 0 Å². The molecule has 0 aromatic rings. The zero-order valence-corrected chi connectivity index (χ0v) is 10.8. The molecule has 0 aromatic carbocycles. The maximum Gasteiger partial charge on any atom is 0.306 e. The lowest BCUT2D eigenvalue weighted by Gasteiger charge is -2.31. The maximum atomic E-state index is 10.5. The minimum Gasteiger partial charge on any atom is -0.481 e. The van der Waals surface area contributed by atoms with Crippen LogP contribution in [0, 0.1) is 0 Å². The minimum atomic E-state index is -0.933. The highest BCUT2D eigenvalue weighted by molar-refractivity contribution is 5.67. The maximum absolute atomic E-state index is 10.5. The van der Waals surface area contributed by atoms with Crippen LogP contribution >= 0.6 is 0 Å². The van der Waals surface area contributed by atoms with Crippen LogP contribution in [0.1, 0.15) is 26.2 Å². The molecule has 1 heterocycles. The first kappa shape index (κ1) is 14.4. The van der Waals surface area contributed by atoms with E-state index in [-0.39, 0.29) is 6.42 Å². The van der Waals surface area contributed by atoms with Gasteiger partial charge in [-0.15, -0.1) is 0 Å². The molecular weight excluding hydrogens is 220 g/mol. The van der Waals surface area contributed by atoms with Crippen molar-refractivity contribution < 1.29 is 15.0 Å². The van der Waals surface area contributed by atoms with Crippen LogP contribution < -0.4 is 0 Å². The van der Waals surface area contributed by atoms with Gasteiger partial charge in [-0.1, -0.05) is 6.92 Å². The molecule has 2 N–H and O–H groups in total. The fraction of sp³-hybridized carbons (Fsp3) is 0.917. The zero-order chi connectivity index (χ0) is 12.8. The van der Waals surface area contributed by atoms with Gasteiger partial charge in [-0.3, -0.25) is 9.69 Å². The number of nitrogens with zero attached hydrogens (tertiary/aromatic N) is 2. The Bertz CT molecular complexity index is 248. The molecule has 1 saturated heterocycles. The summed E-state index contributed by atoms with van der Waals surface area (Å²) < 4.78 is 0. The molecule has 0 radical (unpaired) electrons. The minimum absolute atomic E-state index is 0.164. The molecule has 0 bridgehead atoms. The van der Waals surface area contributed by atoms with E-state index >= 15 is 0 Å². The molecule has 0 amide bonds. The first-order valence-corrected chi connectivity index (χ1v) is 6.35. The van der Waals surface area contributed by atoms with E-state index in [0.29, 0.717) is 12.6 Å². The van der Waals surface area contributed by atoms with E-state index in [0.717, 1.165) is 32.5 Å². The number of aliphatic hydroxyl groups excluding tert-OH is 1. The van der Waals surface area contributed by atoms with Gasteiger partial charge in [0.25, 0.3) is 0 Å². The van der Waals surface area contributed by atoms with E-state index in [9.17, 15) is 9.90 Å². The predicted molar refractivity (Wildman–Crippen MR) is 66.0 cm³/mol. The molecular formula is C12H24N2O3. The lowest BCUT2D eigenvalue weighted by atomic mass is 10.1. The monoisotopic (exact) mass is 244 g/mol. The third-order valence-corrected chi connectivity index (χ3v) is 3.35. The number of hydrogen-bond acceptors (Lipinski definition) is 4. The summed E-state index contributed by atoms with van der Waals surface area (Å²) in [5, 5.41) is 18.4. The van der Waals surface area contributed by atoms with Crippen molar-refractivity contribution in [1.29, 1.82) is 0 Å². The predicted octanol–water partition coefficient (Wildman–Crippen LogP) is 0.238. The summed E-state index contributed by atoms with van der Waals surface area (Å²) in [6, 6.07) is 0.422. The summed E-state index contributed by atoms with van der Waals surface area (Å²) >= 11 is 0. The Morgan fingerprint density at radius 3 is 2.76 bits per heavy atom. The smallest absolute Gasteiger partial charge is 0.306 e. The highest BCUT2D eigenvalue weighted by atomic mass is 16.4. The molecule has 1 aliphatic rings. The van der Waals surface area contributed by atoms with Gasteiger partial charge in [0, 0.05) is 19.1 Å². The molecule has 0 saturated carbocycles. The summed E-state index contributed by atoms with van der Waals surface area (Å²) in [5.74, 6) is -0.933. The molecule has 0 aliphatic carbocycles. The Morgan fingerprint density at radius 2 is 2.18 bits per heavy atom. The Kier molecular flexibility index (Phi) is 5.88. The summed E-state index contributed by atoms with van der Waals surface area (Å²) in [4.78, 5) is 15.1. The normalized spacial score (nSPS) is 25.5. The number of carboxylic acids is 1. The number of aliphatic hydroxyl groups is 1. The summed E-state index contributed by atoms with van der Waals surface area (Å²) in [7, 11) is 2.11. The molecule has 100 valence electrons. The molecule has 0 spiro atoms. The number of aliphatic carboxylic acids is 1. The summed E-state index contributed by atoms with van der Waals surface area (Å²) in [6.07, 6.45) is 1.18. The van der Waals surface area contributed by atoms with Crippen LogP contribution in [0.2, 0.25) is 0 Å². The van der Waals surface area contributed by atoms with Gasteiger partial charge < -0.3 is 15.1 Å². The van der Waals surface area contributed by atoms with Crippen LogP contribution in [0.5, 0.6) is 0 Å². The van der Waals surface area contributed by atoms with Crippen LogP contribution in [0.3, 0.4) is 0 Å². The van der Waals surface area contributed by atoms with Crippen LogP contribution in [0.25, 0.3) is 0 Å². The number of hydrogen-bond donors (Lipinski definition) is 2. The third kappa shape index (κ3) is 5.02. The van der Waals surface area contributed by atoms with Crippen molar-refractivity contribution in [1.82, 2.24) is 9.80 Å². The lowest BCUT2D eigenvalue weighted by Crippen LogP contribution is -2.43. The lowest BCUT2D eigenvalue weighted by molar-refractivity contribution is -0.139. The van der Waals surface area contributed by atoms with Gasteiger partial charge >= 0.3 is 5.97 Å². The molecule has 2 unspecified atom stereocenters. The Hall–Kier alpha value is -0.650. The Labute approximate surface area is 103 Å². The van der Waals surface area contributed by atoms with Crippen LogP contribution in [0.15, 0.2) is 0 Å². The molecule has 17 heavy (non-hydrogen) atoms. The highest BCUT2D eigenvalue weighted by Gasteiger charge is 2.24. The second-order valence-corrected chi connectivity index (χ2v) is 4.92. The average Bonchev–Trinajstić information content (AvgIpc) is 2.39. The topological polar surface area (TPSA) is 64.0 Å². The quantitative estimate of drug-likeness (QED) is 0.725. The number of likely N-dealkylation sites (N-methyl/N-ethyl adjacent to an activating group) is 1. The van der Waals surface area contributed by atoms with E-state index in [1.165, 1.54) is 0 Å². The number of rotatable bonds is 5. The zero-order valence-electron chi connectivity index (χ0n) is 10.8. The molecule has 5 heteroatoms. The molecule has 1 aliphatic heterocycles. The van der Waals surface area contributed by atoms with Gasteiger partial charge in [-0.2, -0.15) is 0 Å². The van der Waals surface area contributed by atoms with E-state index in [1.807, 2.05) is 0 Å². The van der Waals surface area contributed by atoms with Crippen molar-refractivity contribution in [2.75, 3.05) is 33.2 Å². The van der Waals surface area contributed by atoms with Crippen LogP contribution in [0.4, 0.5) is 0 Å². The molecule has 1 rings (SSSR count). The van der Waals surface area contributed by atoms with Gasteiger partial charge in [-0.05, 0) is 33.0 Å². The molecule has 1 fully saturated rings. The number of carboxylic acid groups (broad SMARTS) is 1. The van der Waals surface area contributed by atoms with Crippen molar-refractivity contribution in [3.05, 3.63) is 0 Å². The SMILES string of the molecule is CCC1CN(C)CCCN1CC(O)CC(=O)O. The Balaban J connectivity index is 2.50. The second kappa shape index (κ2) is 6.93. The standard InChI is InChI=1S/C12H24N2O3/c1-3-10-8-13(2)5-4-6-14(10)9-11(15)7-12(16)17/h10-11,15H,3-9H2,1-2H3,(H,16,17). The van der Waals surface area contributed by atoms with Crippen molar-refractivity contribution in [2.45, 2.75) is 38.3 Å². The number of carbonyl (C=O) groups is 1. The van der Waals surface area contributed by atoms with Crippen LogP contribution in [-0.4, -0.2) is 71.4 Å².